The van der Waals surface area contributed by atoms with E-state index >= 15 is 0 Å². The molecule has 5 nitrogen and oxygen atoms in total. The van der Waals surface area contributed by atoms with E-state index in [2.05, 4.69) is 20.4 Å². The summed E-state index contributed by atoms with van der Waals surface area (Å²) < 4.78 is 15.9. The van der Waals surface area contributed by atoms with Crippen LogP contribution in [0.1, 0.15) is 59.8 Å². The lowest BCUT2D eigenvalue weighted by molar-refractivity contribution is -0.234. The van der Waals surface area contributed by atoms with Crippen molar-refractivity contribution in [1.29, 1.82) is 0 Å². The van der Waals surface area contributed by atoms with Gasteiger partial charge in [-0.2, -0.15) is 0 Å². The molecule has 0 amide bonds. The fraction of sp³-hybridized carbons (Fsp3) is 0.833. The Kier molecular flexibility index (Phi) is 12.0. The lowest BCUT2D eigenvalue weighted by Gasteiger charge is -2.31. The summed E-state index contributed by atoms with van der Waals surface area (Å²) in [6.07, 6.45) is 4.49. The summed E-state index contributed by atoms with van der Waals surface area (Å²) in [5.74, 6) is -1.92. The number of unbranched alkanes of at least 4 members (excludes halogenated alkanes) is 1. The van der Waals surface area contributed by atoms with Crippen LogP contribution in [0.3, 0.4) is 0 Å². The zero-order chi connectivity index (χ0) is 17.7. The fourth-order valence-electron chi connectivity index (χ4n) is 2.28. The van der Waals surface area contributed by atoms with Crippen molar-refractivity contribution in [2.24, 2.45) is 5.92 Å². The summed E-state index contributed by atoms with van der Waals surface area (Å²) in [7, 11) is 0. The molecule has 136 valence electrons. The van der Waals surface area contributed by atoms with E-state index < -0.39 is 11.8 Å². The number of carbonyl (C=O) groups excluding carboxylic acids is 1. The second-order valence-corrected chi connectivity index (χ2v) is 5.99. The highest BCUT2D eigenvalue weighted by molar-refractivity contribution is 5.87. The number of hydrogen-bond donors (Lipinski definition) is 1. The minimum Gasteiger partial charge on any atom is -0.427 e. The molecule has 5 heteroatoms. The molecule has 0 saturated carbocycles. The normalized spacial score (nSPS) is 15.0. The van der Waals surface area contributed by atoms with E-state index in [0.29, 0.717) is 26.2 Å². The van der Waals surface area contributed by atoms with Crippen LogP contribution in [-0.2, 0) is 19.0 Å². The Balaban J connectivity index is 4.68. The Morgan fingerprint density at radius 1 is 1.22 bits per heavy atom. The zero-order valence-corrected chi connectivity index (χ0v) is 15.2. The van der Waals surface area contributed by atoms with Gasteiger partial charge in [0.1, 0.15) is 6.61 Å². The van der Waals surface area contributed by atoms with Crippen LogP contribution in [-0.4, -0.2) is 43.3 Å². The molecule has 0 radical (unpaired) electrons. The maximum Gasteiger partial charge on any atom is 0.335 e. The Morgan fingerprint density at radius 3 is 2.39 bits per heavy atom. The van der Waals surface area contributed by atoms with Crippen molar-refractivity contribution < 1.29 is 24.1 Å². The molecule has 0 bridgehead atoms. The number of carbonyl (C=O) groups is 1. The molecule has 23 heavy (non-hydrogen) atoms. The maximum absolute atomic E-state index is 11.8. The van der Waals surface area contributed by atoms with E-state index in [1.165, 1.54) is 0 Å². The molecule has 2 atom stereocenters. The number of hydrogen-bond acceptors (Lipinski definition) is 5. The molecule has 0 aromatic carbocycles. The Morgan fingerprint density at radius 2 is 1.87 bits per heavy atom. The Bertz CT molecular complexity index is 342. The largest absolute Gasteiger partial charge is 0.427 e. The quantitative estimate of drug-likeness (QED) is 0.229. The zero-order valence-electron chi connectivity index (χ0n) is 15.2. The first-order valence-corrected chi connectivity index (χ1v) is 8.65. The van der Waals surface area contributed by atoms with Gasteiger partial charge in [-0.25, -0.2) is 4.79 Å². The van der Waals surface area contributed by atoms with Crippen molar-refractivity contribution in [1.82, 2.24) is 0 Å². The van der Waals surface area contributed by atoms with Gasteiger partial charge in [-0.15, -0.1) is 0 Å². The number of esters is 1. The van der Waals surface area contributed by atoms with Gasteiger partial charge in [-0.1, -0.05) is 46.1 Å². The minimum atomic E-state index is -1.61. The summed E-state index contributed by atoms with van der Waals surface area (Å²) in [5.41, 5.74) is 0.263. The first kappa shape index (κ1) is 22.1. The molecule has 0 aromatic rings. The van der Waals surface area contributed by atoms with Crippen molar-refractivity contribution in [2.75, 3.05) is 26.4 Å². The van der Waals surface area contributed by atoms with E-state index in [0.717, 1.165) is 25.7 Å². The van der Waals surface area contributed by atoms with Crippen molar-refractivity contribution in [3.8, 4) is 0 Å². The second-order valence-electron chi connectivity index (χ2n) is 5.99. The van der Waals surface area contributed by atoms with Crippen LogP contribution in [0.15, 0.2) is 12.2 Å². The van der Waals surface area contributed by atoms with E-state index in [1.807, 2.05) is 6.92 Å². The lowest BCUT2D eigenvalue weighted by atomic mass is 9.91. The molecule has 0 aliphatic rings. The molecule has 2 unspecified atom stereocenters. The molecule has 0 heterocycles. The van der Waals surface area contributed by atoms with Gasteiger partial charge in [0, 0.05) is 18.6 Å². The van der Waals surface area contributed by atoms with Crippen molar-refractivity contribution in [2.45, 2.75) is 65.6 Å². The number of aliphatic hydroxyl groups is 1. The topological polar surface area (TPSA) is 65.0 Å². The molecule has 0 rings (SSSR count). The van der Waals surface area contributed by atoms with Gasteiger partial charge in [-0.3, -0.25) is 0 Å². The van der Waals surface area contributed by atoms with Crippen molar-refractivity contribution in [3.05, 3.63) is 12.2 Å². The third-order valence-electron chi connectivity index (χ3n) is 3.69. The first-order valence-electron chi connectivity index (χ1n) is 8.65. The predicted molar refractivity (Wildman–Crippen MR) is 91.1 cm³/mol. The predicted octanol–water partition coefficient (Wildman–Crippen LogP) is 3.45. The molecular weight excluding hydrogens is 296 g/mol. The van der Waals surface area contributed by atoms with E-state index in [-0.39, 0.29) is 18.1 Å². The van der Waals surface area contributed by atoms with Crippen molar-refractivity contribution >= 4 is 5.97 Å². The maximum atomic E-state index is 11.8. The summed E-state index contributed by atoms with van der Waals surface area (Å²) >= 11 is 0. The van der Waals surface area contributed by atoms with Crippen LogP contribution >= 0.6 is 0 Å². The summed E-state index contributed by atoms with van der Waals surface area (Å²) in [4.78, 5) is 11.8. The third kappa shape index (κ3) is 10.5. The Labute approximate surface area is 141 Å². The van der Waals surface area contributed by atoms with Gasteiger partial charge in [0.25, 0.3) is 0 Å². The summed E-state index contributed by atoms with van der Waals surface area (Å²) in [6, 6.07) is 0. The van der Waals surface area contributed by atoms with E-state index in [9.17, 15) is 9.90 Å². The van der Waals surface area contributed by atoms with Crippen LogP contribution in [0.4, 0.5) is 0 Å². The van der Waals surface area contributed by atoms with E-state index in [1.54, 1.807) is 6.92 Å². The summed E-state index contributed by atoms with van der Waals surface area (Å²) in [6.45, 7) is 12.6. The average Bonchev–Trinajstić information content (AvgIpc) is 2.51. The monoisotopic (exact) mass is 330 g/mol. The van der Waals surface area contributed by atoms with E-state index in [4.69, 9.17) is 14.2 Å². The van der Waals surface area contributed by atoms with Gasteiger partial charge >= 0.3 is 5.97 Å². The first-order chi connectivity index (χ1) is 10.9. The number of ether oxygens (including phenoxy) is 3. The Hall–Kier alpha value is -0.910. The molecule has 0 fully saturated rings. The lowest BCUT2D eigenvalue weighted by Crippen LogP contribution is -2.42. The second kappa shape index (κ2) is 12.5. The smallest absolute Gasteiger partial charge is 0.335 e. The van der Waals surface area contributed by atoms with Gasteiger partial charge in [0.2, 0.25) is 5.79 Å². The highest BCUT2D eigenvalue weighted by Gasteiger charge is 2.34. The molecule has 0 spiro atoms. The molecule has 1 N–H and O–H groups in total. The van der Waals surface area contributed by atoms with Crippen LogP contribution in [0.2, 0.25) is 0 Å². The molecule has 0 aromatic heterocycles. The van der Waals surface area contributed by atoms with Crippen molar-refractivity contribution in [3.63, 3.8) is 0 Å². The minimum absolute atomic E-state index is 0.0538. The third-order valence-corrected chi connectivity index (χ3v) is 3.69. The highest BCUT2D eigenvalue weighted by atomic mass is 16.7. The fourth-order valence-corrected chi connectivity index (χ4v) is 2.28. The highest BCUT2D eigenvalue weighted by Crippen LogP contribution is 2.26. The average molecular weight is 330 g/mol. The standard InChI is InChI=1S/C18H34O5/c1-6-9-10-16(7-2)13-18(20,23-17(19)15(4)5)14-22-12-11-21-8-3/h16,20H,4,6-14H2,1-3,5H3. The molecular formula is C18H34O5. The van der Waals surface area contributed by atoms with Gasteiger partial charge in [0.05, 0.1) is 13.2 Å². The molecule has 0 saturated heterocycles. The van der Waals surface area contributed by atoms with Gasteiger partial charge in [-0.05, 0) is 19.8 Å². The van der Waals surface area contributed by atoms with Crippen LogP contribution in [0.5, 0.6) is 0 Å². The number of rotatable bonds is 14. The summed E-state index contributed by atoms with van der Waals surface area (Å²) in [5, 5.41) is 10.7. The van der Waals surface area contributed by atoms with Crippen LogP contribution < -0.4 is 0 Å². The van der Waals surface area contributed by atoms with Crippen LogP contribution in [0, 0.1) is 5.92 Å². The van der Waals surface area contributed by atoms with Gasteiger partial charge < -0.3 is 19.3 Å². The molecule has 0 aliphatic heterocycles. The molecule has 0 aliphatic carbocycles. The van der Waals surface area contributed by atoms with Gasteiger partial charge in [0.15, 0.2) is 0 Å². The van der Waals surface area contributed by atoms with Crippen LogP contribution in [0.25, 0.3) is 0 Å². The SMILES string of the molecule is C=C(C)C(=O)OC(O)(COCCOCC)CC(CC)CCCC.